The van der Waals surface area contributed by atoms with Crippen molar-refractivity contribution >= 4 is 16.6 Å². The minimum atomic E-state index is -2.35. The van der Waals surface area contributed by atoms with E-state index in [9.17, 15) is 13.9 Å². The third kappa shape index (κ3) is 6.44. The third-order valence-corrected chi connectivity index (χ3v) is 19.4. The average Bonchev–Trinajstić information content (AvgIpc) is 3.48. The molecule has 5 saturated carbocycles. The van der Waals surface area contributed by atoms with Crippen LogP contribution in [0.3, 0.4) is 0 Å². The molecule has 7 heteroatoms. The molecule has 0 bridgehead atoms. The van der Waals surface area contributed by atoms with Crippen LogP contribution in [0.2, 0.25) is 0 Å². The molecule has 6 fully saturated rings. The zero-order valence-electron chi connectivity index (χ0n) is 34.0. The van der Waals surface area contributed by atoms with Crippen molar-refractivity contribution in [3.63, 3.8) is 0 Å². The fraction of sp³-hybridized carbons (Fsp3) is 0.844. The Bertz CT molecular complexity index is 1430. The Balaban J connectivity index is 1.09. The first kappa shape index (κ1) is 39.1. The Labute approximate surface area is 318 Å². The molecule has 1 saturated heterocycles. The minimum Gasteiger partial charge on any atom is -0.466 e. The summed E-state index contributed by atoms with van der Waals surface area (Å²) in [4.78, 5) is 14.8. The van der Waals surface area contributed by atoms with Crippen LogP contribution in [0.1, 0.15) is 132 Å². The van der Waals surface area contributed by atoms with Gasteiger partial charge in [-0.3, -0.25) is 18.8 Å². The van der Waals surface area contributed by atoms with E-state index < -0.39 is 10.6 Å². The molecule has 0 unspecified atom stereocenters. The van der Waals surface area contributed by atoms with Crippen LogP contribution in [0.15, 0.2) is 35.5 Å². The van der Waals surface area contributed by atoms with E-state index in [0.717, 1.165) is 63.7 Å². The second kappa shape index (κ2) is 14.1. The van der Waals surface area contributed by atoms with Crippen molar-refractivity contribution in [3.05, 3.63) is 35.5 Å². The van der Waals surface area contributed by atoms with E-state index >= 15 is 0 Å². The van der Waals surface area contributed by atoms with Crippen LogP contribution < -0.4 is 5.32 Å². The van der Waals surface area contributed by atoms with Crippen molar-refractivity contribution < 1.29 is 18.6 Å². The number of carbonyl (C=O) groups excluding carboxylic acids is 1. The van der Waals surface area contributed by atoms with Gasteiger partial charge in [0.25, 0.3) is 0 Å². The van der Waals surface area contributed by atoms with Crippen LogP contribution in [-0.2, 0) is 9.53 Å². The maximum absolute atomic E-state index is 12.4. The molecule has 0 spiro atoms. The number of ether oxygens (including phenoxy) is 1. The number of hydrogen-bond acceptors (Lipinski definition) is 6. The molecule has 294 valence electrons. The first-order valence-corrected chi connectivity index (χ1v) is 23.3. The summed E-state index contributed by atoms with van der Waals surface area (Å²) in [7, 11) is -2.35. The summed E-state index contributed by atoms with van der Waals surface area (Å²) in [5.74, 6) is 4.54. The predicted molar refractivity (Wildman–Crippen MR) is 216 cm³/mol. The van der Waals surface area contributed by atoms with E-state index in [0.29, 0.717) is 52.1 Å². The maximum atomic E-state index is 12.4. The highest BCUT2D eigenvalue weighted by atomic mass is 32.3. The average molecular weight is 739 g/mol. The normalized spacial score (nSPS) is 44.6. The minimum absolute atomic E-state index is 0.00370. The highest BCUT2D eigenvalue weighted by Gasteiger charge is 2.70. The van der Waals surface area contributed by atoms with E-state index in [2.05, 4.69) is 70.5 Å². The molecular formula is C45H74N2O4S. The van der Waals surface area contributed by atoms with Crippen LogP contribution in [0.25, 0.3) is 0 Å². The topological polar surface area (TPSA) is 82.0 Å². The maximum Gasteiger partial charge on any atom is 0.308 e. The van der Waals surface area contributed by atoms with Gasteiger partial charge in [-0.1, -0.05) is 64.5 Å². The van der Waals surface area contributed by atoms with Crippen molar-refractivity contribution in [2.24, 2.45) is 57.2 Å². The monoisotopic (exact) mass is 739 g/mol. The molecule has 0 aromatic heterocycles. The van der Waals surface area contributed by atoms with E-state index in [1.807, 2.05) is 6.92 Å². The van der Waals surface area contributed by atoms with Gasteiger partial charge in [0, 0.05) is 31.7 Å². The SMILES string of the molecule is C=C(C)[C@@H]1CC[C@]2(NCCN3CCS(O)(O)CC3)CC[C@]3(C)[C@H](CC[C@@H]4[C@@]5(C)CC=C(C=C6CCC(C(=O)OCC)CC6)C(C)(C)[C@@H]5CC[C@]43C)[C@@H]12. The molecule has 0 amide bonds. The number of nitrogens with one attached hydrogen (secondary N) is 1. The van der Waals surface area contributed by atoms with Gasteiger partial charge in [-0.05, 0) is 154 Å². The van der Waals surface area contributed by atoms with Crippen molar-refractivity contribution in [3.8, 4) is 0 Å². The molecule has 1 heterocycles. The summed E-state index contributed by atoms with van der Waals surface area (Å²) in [6, 6.07) is 0. The van der Waals surface area contributed by atoms with Crippen LogP contribution >= 0.6 is 10.6 Å². The number of allylic oxidation sites excluding steroid dienone is 5. The Morgan fingerprint density at radius 3 is 2.35 bits per heavy atom. The summed E-state index contributed by atoms with van der Waals surface area (Å²) in [6.07, 6.45) is 20.8. The largest absolute Gasteiger partial charge is 0.466 e. The van der Waals surface area contributed by atoms with Gasteiger partial charge in [0.1, 0.15) is 0 Å². The fourth-order valence-corrected chi connectivity index (χ4v) is 15.9. The van der Waals surface area contributed by atoms with Crippen LogP contribution in [0.4, 0.5) is 0 Å². The van der Waals surface area contributed by atoms with Gasteiger partial charge in [-0.25, -0.2) is 0 Å². The number of fused-ring (bicyclic) bond motifs is 7. The lowest BCUT2D eigenvalue weighted by atomic mass is 9.33. The molecule has 0 aromatic carbocycles. The van der Waals surface area contributed by atoms with Gasteiger partial charge in [0.2, 0.25) is 0 Å². The summed E-state index contributed by atoms with van der Waals surface area (Å²) < 4.78 is 25.6. The van der Waals surface area contributed by atoms with Gasteiger partial charge in [0.15, 0.2) is 0 Å². The van der Waals surface area contributed by atoms with Gasteiger partial charge >= 0.3 is 5.97 Å². The lowest BCUT2D eigenvalue weighted by Crippen LogP contribution is -2.68. The van der Waals surface area contributed by atoms with Gasteiger partial charge < -0.3 is 10.1 Å². The molecule has 6 nitrogen and oxygen atoms in total. The molecule has 1 aliphatic heterocycles. The lowest BCUT2D eigenvalue weighted by molar-refractivity contribution is -0.221. The quantitative estimate of drug-likeness (QED) is 0.170. The second-order valence-electron chi connectivity index (χ2n) is 20.2. The highest BCUT2D eigenvalue weighted by molar-refractivity contribution is 8.24. The lowest BCUT2D eigenvalue weighted by Gasteiger charge is -2.72. The van der Waals surface area contributed by atoms with Gasteiger partial charge in [0.05, 0.1) is 24.0 Å². The van der Waals surface area contributed by atoms with Gasteiger partial charge in [-0.15, -0.1) is 0 Å². The number of nitrogens with zero attached hydrogens (tertiary/aromatic N) is 1. The molecule has 52 heavy (non-hydrogen) atoms. The predicted octanol–water partition coefficient (Wildman–Crippen LogP) is 10.3. The first-order valence-electron chi connectivity index (χ1n) is 21.4. The zero-order valence-corrected chi connectivity index (χ0v) is 34.9. The smallest absolute Gasteiger partial charge is 0.308 e. The van der Waals surface area contributed by atoms with E-state index in [4.69, 9.17) is 4.74 Å². The summed E-state index contributed by atoms with van der Waals surface area (Å²) in [5, 5.41) is 4.26. The molecule has 0 radical (unpaired) electrons. The van der Waals surface area contributed by atoms with E-state index in [1.54, 1.807) is 5.57 Å². The van der Waals surface area contributed by atoms with E-state index in [-0.39, 0.29) is 22.8 Å². The number of carbonyl (C=O) groups is 1. The summed E-state index contributed by atoms with van der Waals surface area (Å²) in [5.41, 5.74) is 5.80. The number of hydrogen-bond donors (Lipinski definition) is 3. The molecular weight excluding hydrogens is 665 g/mol. The van der Waals surface area contributed by atoms with Crippen LogP contribution in [0, 0.1) is 57.2 Å². The fourth-order valence-electron chi connectivity index (χ4n) is 14.6. The third-order valence-electron chi connectivity index (χ3n) is 17.7. The van der Waals surface area contributed by atoms with Crippen molar-refractivity contribution in [2.75, 3.05) is 44.3 Å². The number of esters is 1. The van der Waals surface area contributed by atoms with E-state index in [1.165, 1.54) is 68.9 Å². The molecule has 7 aliphatic rings. The Hall–Kier alpha value is -1.12. The summed E-state index contributed by atoms with van der Waals surface area (Å²) in [6.45, 7) is 26.3. The van der Waals surface area contributed by atoms with Crippen molar-refractivity contribution in [2.45, 2.75) is 137 Å². The molecule has 9 atom stereocenters. The standard InChI is InChI=1S/C45H74N2O4S/c1-9-51-40(48)33-12-10-32(11-13-33)30-34-16-19-42(6)37(41(34,4)5)18-20-44(8)38(42)15-14-36-39-35(31(2)3)17-21-45(39,23-22-43(36,44)7)46-24-25-47-26-28-52(49,50)29-27-47/h16,30,33,35-39,46,49-50H,2,9-15,17-29H2,1,3-8H3/t33?,35-,36+,37-,38+,39+,42-,43+,44+,45-/m0/s1. The Kier molecular flexibility index (Phi) is 10.6. The Morgan fingerprint density at radius 1 is 0.962 bits per heavy atom. The van der Waals surface area contributed by atoms with Crippen molar-refractivity contribution in [1.82, 2.24) is 10.2 Å². The second-order valence-corrected chi connectivity index (χ2v) is 22.7. The Morgan fingerprint density at radius 2 is 1.67 bits per heavy atom. The van der Waals surface area contributed by atoms with Crippen LogP contribution in [-0.4, -0.2) is 69.8 Å². The molecule has 6 aliphatic carbocycles. The van der Waals surface area contributed by atoms with Crippen molar-refractivity contribution in [1.29, 1.82) is 0 Å². The molecule has 0 aromatic rings. The molecule has 7 rings (SSSR count). The first-order chi connectivity index (χ1) is 24.5. The number of rotatable bonds is 8. The van der Waals surface area contributed by atoms with Gasteiger partial charge in [-0.2, -0.15) is 10.6 Å². The summed E-state index contributed by atoms with van der Waals surface area (Å²) >= 11 is 0. The molecule has 3 N–H and O–H groups in total. The van der Waals surface area contributed by atoms with Crippen LogP contribution in [0.5, 0.6) is 0 Å². The zero-order chi connectivity index (χ0) is 37.3. The highest BCUT2D eigenvalue weighted by Crippen LogP contribution is 2.76.